The molecule has 1 amide bonds. The van der Waals surface area contributed by atoms with Gasteiger partial charge in [-0.3, -0.25) is 14.5 Å². The molecule has 0 radical (unpaired) electrons. The molecule has 0 bridgehead atoms. The fourth-order valence-corrected chi connectivity index (χ4v) is 3.11. The highest BCUT2D eigenvalue weighted by Gasteiger charge is 2.24. The second-order valence-electron chi connectivity index (χ2n) is 6.39. The number of aliphatic hydroxyl groups is 1. The van der Waals surface area contributed by atoms with Gasteiger partial charge in [-0.15, -0.1) is 0 Å². The van der Waals surface area contributed by atoms with E-state index in [1.165, 1.54) is 0 Å². The number of rotatable bonds is 5. The van der Waals surface area contributed by atoms with Gasteiger partial charge in [0.1, 0.15) is 11.9 Å². The van der Waals surface area contributed by atoms with E-state index in [-0.39, 0.29) is 12.5 Å². The van der Waals surface area contributed by atoms with Crippen LogP contribution in [0.15, 0.2) is 60.9 Å². The van der Waals surface area contributed by atoms with Gasteiger partial charge in [-0.1, -0.05) is 30.3 Å². The number of carbonyl (C=O) groups is 1. The van der Waals surface area contributed by atoms with Crippen LogP contribution in [-0.4, -0.2) is 43.8 Å². The summed E-state index contributed by atoms with van der Waals surface area (Å²) in [4.78, 5) is 18.2. The molecule has 1 aromatic carbocycles. The molecule has 2 aromatic heterocycles. The molecule has 0 spiro atoms. The molecule has 27 heavy (non-hydrogen) atoms. The van der Waals surface area contributed by atoms with Crippen molar-refractivity contribution in [2.45, 2.75) is 19.2 Å². The maximum Gasteiger partial charge on any atom is 0.260 e. The van der Waals surface area contributed by atoms with Gasteiger partial charge < -0.3 is 14.7 Å². The summed E-state index contributed by atoms with van der Waals surface area (Å²) in [7, 11) is 0. The van der Waals surface area contributed by atoms with E-state index in [0.29, 0.717) is 31.1 Å². The Morgan fingerprint density at radius 2 is 2.04 bits per heavy atom. The topological polar surface area (TPSA) is 80.5 Å². The Hall–Kier alpha value is -3.19. The first kappa shape index (κ1) is 17.2. The van der Waals surface area contributed by atoms with Crippen LogP contribution in [0.5, 0.6) is 5.75 Å². The lowest BCUT2D eigenvalue weighted by molar-refractivity contribution is -0.134. The van der Waals surface area contributed by atoms with Crippen molar-refractivity contribution in [2.24, 2.45) is 0 Å². The first-order chi connectivity index (χ1) is 13.2. The minimum absolute atomic E-state index is 0.0284. The van der Waals surface area contributed by atoms with Crippen LogP contribution in [0.25, 0.3) is 0 Å². The number of ether oxygens (including phenoxy) is 1. The van der Waals surface area contributed by atoms with Gasteiger partial charge >= 0.3 is 0 Å². The van der Waals surface area contributed by atoms with Gasteiger partial charge in [0.05, 0.1) is 30.7 Å². The molecule has 7 nitrogen and oxygen atoms in total. The number of carbonyl (C=O) groups excluding carboxylic acids is 1. The molecule has 3 heterocycles. The summed E-state index contributed by atoms with van der Waals surface area (Å²) in [6.07, 6.45) is 2.46. The SMILES string of the molecule is O=C(COc1cccnc1)N1CCn2nc([C@@H](O)c3ccccc3)cc2C1. The highest BCUT2D eigenvalue weighted by atomic mass is 16.5. The van der Waals surface area contributed by atoms with Crippen molar-refractivity contribution in [3.05, 3.63) is 77.9 Å². The zero-order chi connectivity index (χ0) is 18.6. The van der Waals surface area contributed by atoms with Crippen LogP contribution >= 0.6 is 0 Å². The number of fused-ring (bicyclic) bond motifs is 1. The van der Waals surface area contributed by atoms with Crippen molar-refractivity contribution in [1.29, 1.82) is 0 Å². The molecule has 0 saturated heterocycles. The van der Waals surface area contributed by atoms with E-state index < -0.39 is 6.10 Å². The molecule has 0 unspecified atom stereocenters. The third kappa shape index (κ3) is 3.83. The third-order valence-electron chi connectivity index (χ3n) is 4.56. The van der Waals surface area contributed by atoms with Gasteiger partial charge in [-0.2, -0.15) is 5.10 Å². The molecule has 7 heteroatoms. The highest BCUT2D eigenvalue weighted by Crippen LogP contribution is 2.23. The van der Waals surface area contributed by atoms with E-state index in [9.17, 15) is 9.90 Å². The zero-order valence-corrected chi connectivity index (χ0v) is 14.7. The summed E-state index contributed by atoms with van der Waals surface area (Å²) in [5.74, 6) is 0.484. The van der Waals surface area contributed by atoms with Crippen molar-refractivity contribution >= 4 is 5.91 Å². The van der Waals surface area contributed by atoms with Crippen molar-refractivity contribution in [3.63, 3.8) is 0 Å². The molecule has 1 atom stereocenters. The van der Waals surface area contributed by atoms with Crippen LogP contribution in [0.3, 0.4) is 0 Å². The maximum absolute atomic E-state index is 12.4. The first-order valence-corrected chi connectivity index (χ1v) is 8.81. The monoisotopic (exact) mass is 364 g/mol. The molecule has 0 aliphatic carbocycles. The summed E-state index contributed by atoms with van der Waals surface area (Å²) in [6, 6.07) is 14.8. The van der Waals surface area contributed by atoms with E-state index in [4.69, 9.17) is 4.74 Å². The Morgan fingerprint density at radius 1 is 1.19 bits per heavy atom. The quantitative estimate of drug-likeness (QED) is 0.746. The van der Waals surface area contributed by atoms with E-state index in [2.05, 4.69) is 10.1 Å². The number of amides is 1. The van der Waals surface area contributed by atoms with Crippen molar-refractivity contribution < 1.29 is 14.6 Å². The molecule has 0 fully saturated rings. The standard InChI is InChI=1S/C20H20N4O3/c25-19(14-27-17-7-4-8-21-12-17)23-9-10-24-16(13-23)11-18(22-24)20(26)15-5-2-1-3-6-15/h1-8,11-12,20,26H,9-10,13-14H2/t20-/m0/s1. The molecule has 3 aromatic rings. The lowest BCUT2D eigenvalue weighted by Gasteiger charge is -2.27. The summed E-state index contributed by atoms with van der Waals surface area (Å²) in [5, 5.41) is 15.0. The minimum atomic E-state index is -0.776. The Kier molecular flexibility index (Phi) is 4.84. The third-order valence-corrected chi connectivity index (χ3v) is 4.56. The van der Waals surface area contributed by atoms with Gasteiger partial charge in [0, 0.05) is 12.7 Å². The van der Waals surface area contributed by atoms with Crippen molar-refractivity contribution in [1.82, 2.24) is 19.7 Å². The molecule has 138 valence electrons. The van der Waals surface area contributed by atoms with E-state index in [1.54, 1.807) is 29.4 Å². The Balaban J connectivity index is 1.41. The van der Waals surface area contributed by atoms with Crippen LogP contribution in [0, 0.1) is 0 Å². The number of nitrogens with zero attached hydrogens (tertiary/aromatic N) is 4. The molecule has 0 saturated carbocycles. The summed E-state index contributed by atoms with van der Waals surface area (Å²) >= 11 is 0. The van der Waals surface area contributed by atoms with Crippen LogP contribution in [-0.2, 0) is 17.9 Å². The van der Waals surface area contributed by atoms with E-state index in [0.717, 1.165) is 11.3 Å². The Bertz CT molecular complexity index is 911. The van der Waals surface area contributed by atoms with Gasteiger partial charge in [-0.25, -0.2) is 0 Å². The van der Waals surface area contributed by atoms with Crippen LogP contribution in [0.4, 0.5) is 0 Å². The Labute approximate surface area is 156 Å². The van der Waals surface area contributed by atoms with Crippen LogP contribution < -0.4 is 4.74 Å². The predicted molar refractivity (Wildman–Crippen MR) is 97.9 cm³/mol. The normalized spacial score (nSPS) is 14.5. The summed E-state index contributed by atoms with van der Waals surface area (Å²) in [5.41, 5.74) is 2.30. The number of aromatic nitrogens is 3. The number of pyridine rings is 1. The molecule has 1 aliphatic rings. The highest BCUT2D eigenvalue weighted by molar-refractivity contribution is 5.77. The molecular weight excluding hydrogens is 344 g/mol. The summed E-state index contributed by atoms with van der Waals surface area (Å²) < 4.78 is 7.35. The van der Waals surface area contributed by atoms with Crippen LogP contribution in [0.2, 0.25) is 0 Å². The predicted octanol–water partition coefficient (Wildman–Crippen LogP) is 1.78. The molecule has 4 rings (SSSR count). The average molecular weight is 364 g/mol. The number of hydrogen-bond donors (Lipinski definition) is 1. The lowest BCUT2D eigenvalue weighted by Crippen LogP contribution is -2.40. The summed E-state index contributed by atoms with van der Waals surface area (Å²) in [6.45, 7) is 1.57. The molecule has 1 aliphatic heterocycles. The fraction of sp³-hybridized carbons (Fsp3) is 0.250. The first-order valence-electron chi connectivity index (χ1n) is 8.81. The van der Waals surface area contributed by atoms with Gasteiger partial charge in [0.15, 0.2) is 6.61 Å². The van der Waals surface area contributed by atoms with E-state index >= 15 is 0 Å². The average Bonchev–Trinajstić information content (AvgIpc) is 3.16. The number of aliphatic hydroxyl groups excluding tert-OH is 1. The second kappa shape index (κ2) is 7.59. The minimum Gasteiger partial charge on any atom is -0.482 e. The maximum atomic E-state index is 12.4. The fourth-order valence-electron chi connectivity index (χ4n) is 3.11. The lowest BCUT2D eigenvalue weighted by atomic mass is 10.1. The van der Waals surface area contributed by atoms with Crippen LogP contribution in [0.1, 0.15) is 23.1 Å². The number of benzene rings is 1. The number of hydrogen-bond acceptors (Lipinski definition) is 5. The largest absolute Gasteiger partial charge is 0.482 e. The van der Waals surface area contributed by atoms with Crippen molar-refractivity contribution in [2.75, 3.05) is 13.2 Å². The second-order valence-corrected chi connectivity index (χ2v) is 6.39. The van der Waals surface area contributed by atoms with Gasteiger partial charge in [-0.05, 0) is 23.8 Å². The zero-order valence-electron chi connectivity index (χ0n) is 14.7. The van der Waals surface area contributed by atoms with Crippen molar-refractivity contribution in [3.8, 4) is 5.75 Å². The Morgan fingerprint density at radius 3 is 2.81 bits per heavy atom. The molecular formula is C20H20N4O3. The molecule has 1 N–H and O–H groups in total. The van der Waals surface area contributed by atoms with Gasteiger partial charge in [0.25, 0.3) is 5.91 Å². The van der Waals surface area contributed by atoms with Gasteiger partial charge in [0.2, 0.25) is 0 Å². The smallest absolute Gasteiger partial charge is 0.260 e. The van der Waals surface area contributed by atoms with E-state index in [1.807, 2.05) is 41.1 Å².